The molecule has 174 valence electrons. The number of rotatable bonds is 4. The summed E-state index contributed by atoms with van der Waals surface area (Å²) in [4.78, 5) is 24.5. The molecule has 2 amide bonds. The summed E-state index contributed by atoms with van der Waals surface area (Å²) in [5, 5.41) is 5.75. The number of hydrogen-bond acceptors (Lipinski definition) is 7. The highest BCUT2D eigenvalue weighted by atomic mass is 16.5. The highest BCUT2D eigenvalue weighted by molar-refractivity contribution is 5.89. The molecule has 0 spiro atoms. The molecular weight excluding hydrogens is 422 g/mol. The molecule has 3 fully saturated rings. The number of carbonyl (C=O) groups is 1. The third-order valence-electron chi connectivity index (χ3n) is 6.87. The lowest BCUT2D eigenvalue weighted by atomic mass is 10.0. The van der Waals surface area contributed by atoms with E-state index in [0.29, 0.717) is 32.3 Å². The highest BCUT2D eigenvalue weighted by Gasteiger charge is 2.39. The number of anilines is 2. The molecule has 0 unspecified atom stereocenters. The topological polar surface area (TPSA) is 97.8 Å². The van der Waals surface area contributed by atoms with Gasteiger partial charge < -0.3 is 29.7 Å². The maximum absolute atomic E-state index is 12.1. The lowest BCUT2D eigenvalue weighted by molar-refractivity contribution is 0.000735. The van der Waals surface area contributed by atoms with Gasteiger partial charge in [0.2, 0.25) is 0 Å². The first kappa shape index (κ1) is 20.8. The normalized spacial score (nSPS) is 26.5. The SMILES string of the molecule is C[C@H]1COCCN1c1nc(-c2ccc(NC(=O)NC3COC3)cc2)nc2c1[C@@H]1CC[C@H](C2)O1. The summed E-state index contributed by atoms with van der Waals surface area (Å²) in [5.41, 5.74) is 3.92. The van der Waals surface area contributed by atoms with E-state index in [1.165, 1.54) is 0 Å². The van der Waals surface area contributed by atoms with Crippen molar-refractivity contribution in [1.29, 1.82) is 0 Å². The maximum Gasteiger partial charge on any atom is 0.319 e. The highest BCUT2D eigenvalue weighted by Crippen LogP contribution is 2.45. The van der Waals surface area contributed by atoms with Gasteiger partial charge in [-0.3, -0.25) is 0 Å². The number of fused-ring (bicyclic) bond motifs is 4. The average molecular weight is 452 g/mol. The lowest BCUT2D eigenvalue weighted by Crippen LogP contribution is -2.49. The van der Waals surface area contributed by atoms with Crippen LogP contribution >= 0.6 is 0 Å². The zero-order chi connectivity index (χ0) is 22.4. The van der Waals surface area contributed by atoms with Gasteiger partial charge >= 0.3 is 6.03 Å². The van der Waals surface area contributed by atoms with Crippen molar-refractivity contribution in [3.05, 3.63) is 35.5 Å². The van der Waals surface area contributed by atoms with Crippen LogP contribution in [0.3, 0.4) is 0 Å². The van der Waals surface area contributed by atoms with Crippen LogP contribution in [0.1, 0.15) is 37.1 Å². The Kier molecular flexibility index (Phi) is 5.40. The van der Waals surface area contributed by atoms with Crippen molar-refractivity contribution >= 4 is 17.5 Å². The Morgan fingerprint density at radius 2 is 1.94 bits per heavy atom. The number of morpholine rings is 1. The van der Waals surface area contributed by atoms with E-state index in [-0.39, 0.29) is 30.3 Å². The van der Waals surface area contributed by atoms with E-state index < -0.39 is 0 Å². The van der Waals surface area contributed by atoms with Crippen molar-refractivity contribution in [1.82, 2.24) is 15.3 Å². The molecule has 3 saturated heterocycles. The number of ether oxygens (including phenoxy) is 3. The third-order valence-corrected chi connectivity index (χ3v) is 6.87. The van der Waals surface area contributed by atoms with Crippen LogP contribution in [0.5, 0.6) is 0 Å². The van der Waals surface area contributed by atoms with E-state index in [1.807, 2.05) is 24.3 Å². The van der Waals surface area contributed by atoms with Gasteiger partial charge in [0, 0.05) is 29.8 Å². The van der Waals surface area contributed by atoms with E-state index in [9.17, 15) is 4.79 Å². The van der Waals surface area contributed by atoms with E-state index in [0.717, 1.165) is 54.1 Å². The molecule has 5 heterocycles. The number of benzene rings is 1. The summed E-state index contributed by atoms with van der Waals surface area (Å²) in [6.07, 6.45) is 3.28. The lowest BCUT2D eigenvalue weighted by Gasteiger charge is -2.37. The minimum Gasteiger partial charge on any atom is -0.377 e. The Labute approximate surface area is 192 Å². The molecule has 33 heavy (non-hydrogen) atoms. The zero-order valence-electron chi connectivity index (χ0n) is 18.8. The Bertz CT molecular complexity index is 1040. The van der Waals surface area contributed by atoms with Crippen LogP contribution < -0.4 is 15.5 Å². The van der Waals surface area contributed by atoms with Gasteiger partial charge in [0.25, 0.3) is 0 Å². The largest absolute Gasteiger partial charge is 0.377 e. The Balaban J connectivity index is 1.29. The average Bonchev–Trinajstić information content (AvgIpc) is 3.17. The zero-order valence-corrected chi connectivity index (χ0v) is 18.8. The summed E-state index contributed by atoms with van der Waals surface area (Å²) in [6.45, 7) is 5.51. The molecule has 6 rings (SSSR count). The second-order valence-corrected chi connectivity index (χ2v) is 9.29. The molecule has 1 aromatic heterocycles. The number of hydrogen-bond donors (Lipinski definition) is 2. The van der Waals surface area contributed by atoms with Gasteiger partial charge in [-0.2, -0.15) is 0 Å². The van der Waals surface area contributed by atoms with Crippen LogP contribution in [-0.4, -0.2) is 67.2 Å². The Morgan fingerprint density at radius 1 is 1.09 bits per heavy atom. The first-order valence-electron chi connectivity index (χ1n) is 11.8. The number of amides is 2. The van der Waals surface area contributed by atoms with Gasteiger partial charge in [0.05, 0.1) is 56.4 Å². The number of nitrogens with one attached hydrogen (secondary N) is 2. The fourth-order valence-electron chi connectivity index (χ4n) is 5.04. The molecule has 9 heteroatoms. The number of nitrogens with zero attached hydrogens (tertiary/aromatic N) is 3. The maximum atomic E-state index is 12.1. The minimum atomic E-state index is -0.222. The van der Waals surface area contributed by atoms with Crippen LogP contribution in [0.4, 0.5) is 16.3 Å². The summed E-state index contributed by atoms with van der Waals surface area (Å²) in [6, 6.07) is 7.82. The van der Waals surface area contributed by atoms with E-state index >= 15 is 0 Å². The van der Waals surface area contributed by atoms with Gasteiger partial charge in [-0.15, -0.1) is 0 Å². The van der Waals surface area contributed by atoms with Crippen molar-refractivity contribution < 1.29 is 19.0 Å². The van der Waals surface area contributed by atoms with Crippen LogP contribution in [0.15, 0.2) is 24.3 Å². The monoisotopic (exact) mass is 451 g/mol. The molecule has 9 nitrogen and oxygen atoms in total. The van der Waals surface area contributed by atoms with Gasteiger partial charge in [-0.05, 0) is 44.0 Å². The third kappa shape index (κ3) is 4.05. The molecule has 2 N–H and O–H groups in total. The second kappa shape index (κ2) is 8.55. The van der Waals surface area contributed by atoms with Gasteiger partial charge in [-0.25, -0.2) is 14.8 Å². The predicted molar refractivity (Wildman–Crippen MR) is 122 cm³/mol. The molecule has 0 saturated carbocycles. The number of urea groups is 1. The number of carbonyl (C=O) groups excluding carboxylic acids is 1. The molecule has 4 aliphatic heterocycles. The fourth-order valence-corrected chi connectivity index (χ4v) is 5.04. The summed E-state index contributed by atoms with van der Waals surface area (Å²) >= 11 is 0. The van der Waals surface area contributed by atoms with Crippen molar-refractivity contribution in [3.63, 3.8) is 0 Å². The summed E-state index contributed by atoms with van der Waals surface area (Å²) < 4.78 is 17.0. The molecule has 4 aliphatic rings. The van der Waals surface area contributed by atoms with Gasteiger partial charge in [0.1, 0.15) is 5.82 Å². The van der Waals surface area contributed by atoms with Crippen molar-refractivity contribution in [2.24, 2.45) is 0 Å². The smallest absolute Gasteiger partial charge is 0.319 e. The van der Waals surface area contributed by atoms with Crippen molar-refractivity contribution in [3.8, 4) is 11.4 Å². The van der Waals surface area contributed by atoms with Gasteiger partial charge in [-0.1, -0.05) is 0 Å². The van der Waals surface area contributed by atoms with E-state index in [1.54, 1.807) is 0 Å². The van der Waals surface area contributed by atoms with E-state index in [2.05, 4.69) is 22.5 Å². The summed E-state index contributed by atoms with van der Waals surface area (Å²) in [5.74, 6) is 1.70. The summed E-state index contributed by atoms with van der Waals surface area (Å²) in [7, 11) is 0. The Morgan fingerprint density at radius 3 is 2.70 bits per heavy atom. The van der Waals surface area contributed by atoms with Crippen molar-refractivity contribution in [2.75, 3.05) is 43.2 Å². The van der Waals surface area contributed by atoms with Crippen molar-refractivity contribution in [2.45, 2.75) is 50.5 Å². The quantitative estimate of drug-likeness (QED) is 0.738. The molecule has 1 aromatic carbocycles. The Hall–Kier alpha value is -2.75. The molecule has 0 radical (unpaired) electrons. The minimum absolute atomic E-state index is 0.0870. The molecular formula is C24H29N5O4. The predicted octanol–water partition coefficient (Wildman–Crippen LogP) is 2.67. The fraction of sp³-hybridized carbons (Fsp3) is 0.542. The first-order chi connectivity index (χ1) is 16.1. The standard InChI is InChI=1S/C24H29N5O4/c1-14-11-31-9-8-29(14)23-21-19(10-18-6-7-20(21)33-18)27-22(28-23)15-2-4-16(5-3-15)25-24(30)26-17-12-32-13-17/h2-5,14,17-18,20H,6-13H2,1H3,(H2,25,26,30)/t14-,18+,20-/m0/s1. The number of aromatic nitrogens is 2. The first-order valence-corrected chi connectivity index (χ1v) is 11.8. The van der Waals surface area contributed by atoms with Crippen LogP contribution in [0.2, 0.25) is 0 Å². The van der Waals surface area contributed by atoms with Crippen LogP contribution in [-0.2, 0) is 20.6 Å². The van der Waals surface area contributed by atoms with Crippen LogP contribution in [0.25, 0.3) is 11.4 Å². The molecule has 2 bridgehead atoms. The van der Waals surface area contributed by atoms with Gasteiger partial charge in [0.15, 0.2) is 5.82 Å². The van der Waals surface area contributed by atoms with E-state index in [4.69, 9.17) is 24.2 Å². The second-order valence-electron chi connectivity index (χ2n) is 9.29. The van der Waals surface area contributed by atoms with Crippen LogP contribution in [0, 0.1) is 0 Å². The molecule has 0 aliphatic carbocycles. The molecule has 3 atom stereocenters. The molecule has 2 aromatic rings.